The van der Waals surface area contributed by atoms with Crippen molar-refractivity contribution in [2.75, 3.05) is 0 Å². The van der Waals surface area contributed by atoms with Gasteiger partial charge in [-0.3, -0.25) is 0 Å². The van der Waals surface area contributed by atoms with Crippen molar-refractivity contribution in [1.29, 1.82) is 0 Å². The molecule has 2 nitrogen and oxygen atoms in total. The summed E-state index contributed by atoms with van der Waals surface area (Å²) in [4.78, 5) is 0. The normalized spacial score (nSPS) is 9.79. The Labute approximate surface area is 104 Å². The van der Waals surface area contributed by atoms with Crippen LogP contribution in [0.25, 0.3) is 10.8 Å². The third-order valence-corrected chi connectivity index (χ3v) is 2.18. The van der Waals surface area contributed by atoms with Gasteiger partial charge in [0.05, 0.1) is 0 Å². The van der Waals surface area contributed by atoms with E-state index in [9.17, 15) is 10.2 Å². The first-order valence-corrected chi connectivity index (χ1v) is 4.10. The van der Waals surface area contributed by atoms with Crippen LogP contribution in [0.15, 0.2) is 30.3 Å². The molecule has 0 heterocycles. The van der Waals surface area contributed by atoms with Gasteiger partial charge in [0.2, 0.25) is 0 Å². The van der Waals surface area contributed by atoms with Crippen LogP contribution in [0.3, 0.4) is 0 Å². The molecule has 2 N–H and O–H groups in total. The second-order valence-electron chi connectivity index (χ2n) is 3.11. The predicted octanol–water partition coefficient (Wildman–Crippen LogP) is -0.437. The largest absolute Gasteiger partial charge is 1.00 e. The number of aromatic hydroxyl groups is 2. The zero-order chi connectivity index (χ0) is 9.42. The van der Waals surface area contributed by atoms with Gasteiger partial charge in [0.15, 0.2) is 0 Å². The van der Waals surface area contributed by atoms with Gasteiger partial charge in [-0.1, -0.05) is 24.3 Å². The van der Waals surface area contributed by atoms with E-state index in [-0.39, 0.29) is 41.1 Å². The van der Waals surface area contributed by atoms with Crippen molar-refractivity contribution in [2.45, 2.75) is 6.92 Å². The molecule has 0 atom stereocenters. The van der Waals surface area contributed by atoms with Crippen LogP contribution in [0.1, 0.15) is 5.56 Å². The van der Waals surface area contributed by atoms with Gasteiger partial charge in [-0.2, -0.15) is 0 Å². The van der Waals surface area contributed by atoms with Crippen LogP contribution < -0.4 is 29.6 Å². The van der Waals surface area contributed by atoms with Gasteiger partial charge in [-0.05, 0) is 18.6 Å². The first-order chi connectivity index (χ1) is 6.20. The molecule has 2 aromatic rings. The second-order valence-corrected chi connectivity index (χ2v) is 3.11. The maximum absolute atomic E-state index is 9.67. The summed E-state index contributed by atoms with van der Waals surface area (Å²) in [7, 11) is 0. The maximum atomic E-state index is 9.67. The van der Waals surface area contributed by atoms with E-state index in [1.165, 1.54) is 0 Å². The van der Waals surface area contributed by atoms with Crippen LogP contribution in [0.5, 0.6) is 11.5 Å². The second kappa shape index (κ2) is 4.22. The van der Waals surface area contributed by atoms with Gasteiger partial charge in [0, 0.05) is 10.8 Å². The summed E-state index contributed by atoms with van der Waals surface area (Å²) in [5.41, 5.74) is 0.691. The van der Waals surface area contributed by atoms with Crippen molar-refractivity contribution in [3.63, 3.8) is 0 Å². The van der Waals surface area contributed by atoms with E-state index in [0.29, 0.717) is 16.3 Å². The molecule has 0 spiro atoms. The molecular weight excluding hydrogens is 187 g/mol. The topological polar surface area (TPSA) is 40.5 Å². The molecule has 0 radical (unpaired) electrons. The van der Waals surface area contributed by atoms with Crippen molar-refractivity contribution in [3.8, 4) is 11.5 Å². The summed E-state index contributed by atoms with van der Waals surface area (Å²) in [6, 6.07) is 8.80. The van der Waals surface area contributed by atoms with E-state index < -0.39 is 0 Å². The molecule has 0 aliphatic rings. The van der Waals surface area contributed by atoms with E-state index >= 15 is 0 Å². The number of benzene rings is 2. The van der Waals surface area contributed by atoms with E-state index in [0.717, 1.165) is 0 Å². The Morgan fingerprint density at radius 1 is 1.00 bits per heavy atom. The van der Waals surface area contributed by atoms with Gasteiger partial charge >= 0.3 is 29.6 Å². The molecule has 2 rings (SSSR count). The average molecular weight is 197 g/mol. The summed E-state index contributed by atoms with van der Waals surface area (Å²) < 4.78 is 0. The molecule has 0 fully saturated rings. The molecule has 0 aromatic heterocycles. The Kier molecular flexibility index (Phi) is 3.43. The van der Waals surface area contributed by atoms with Gasteiger partial charge in [0.1, 0.15) is 11.5 Å². The maximum Gasteiger partial charge on any atom is 1.00 e. The van der Waals surface area contributed by atoms with Crippen molar-refractivity contribution in [3.05, 3.63) is 35.9 Å². The fourth-order valence-corrected chi connectivity index (χ4v) is 1.48. The zero-order valence-corrected chi connectivity index (χ0v) is 10.3. The van der Waals surface area contributed by atoms with Crippen molar-refractivity contribution in [1.82, 2.24) is 0 Å². The van der Waals surface area contributed by atoms with Crippen molar-refractivity contribution in [2.24, 2.45) is 0 Å². The van der Waals surface area contributed by atoms with Crippen molar-refractivity contribution >= 4 is 10.8 Å². The molecule has 0 saturated heterocycles. The monoisotopic (exact) mass is 197 g/mol. The minimum absolute atomic E-state index is 0. The van der Waals surface area contributed by atoms with E-state index in [1.54, 1.807) is 25.1 Å². The molecule has 0 saturated carbocycles. The Bertz CT molecular complexity index is 466. The number of hydrogen-bond acceptors (Lipinski definition) is 2. The van der Waals surface area contributed by atoms with E-state index in [2.05, 4.69) is 0 Å². The zero-order valence-electron chi connectivity index (χ0n) is 8.28. The Morgan fingerprint density at radius 3 is 2.21 bits per heavy atom. The fraction of sp³-hybridized carbons (Fsp3) is 0.0909. The third-order valence-electron chi connectivity index (χ3n) is 2.18. The molecule has 66 valence electrons. The van der Waals surface area contributed by atoms with Gasteiger partial charge in [-0.25, -0.2) is 0 Å². The van der Waals surface area contributed by atoms with E-state index in [1.807, 2.05) is 12.1 Å². The van der Waals surface area contributed by atoms with Crippen molar-refractivity contribution < 1.29 is 39.8 Å². The Morgan fingerprint density at radius 2 is 1.57 bits per heavy atom. The first-order valence-electron chi connectivity index (χ1n) is 4.10. The van der Waals surface area contributed by atoms with Gasteiger partial charge in [0.25, 0.3) is 0 Å². The van der Waals surface area contributed by atoms with Crippen LogP contribution in [-0.2, 0) is 0 Å². The number of phenolic OH excluding ortho intramolecular Hbond substituents is 2. The minimum atomic E-state index is 0. The number of rotatable bonds is 0. The molecule has 2 aromatic carbocycles. The predicted molar refractivity (Wildman–Crippen MR) is 52.0 cm³/mol. The molecule has 0 amide bonds. The number of aryl methyl sites for hydroxylation is 1. The number of fused-ring (bicyclic) bond motifs is 1. The summed E-state index contributed by atoms with van der Waals surface area (Å²) >= 11 is 0. The summed E-state index contributed by atoms with van der Waals surface area (Å²) in [5.74, 6) is 0.458. The van der Waals surface area contributed by atoms with E-state index in [4.69, 9.17) is 0 Å². The number of phenols is 2. The minimum Gasteiger partial charge on any atom is -0.507 e. The molecule has 0 aliphatic heterocycles. The van der Waals surface area contributed by atoms with Crippen LogP contribution in [0, 0.1) is 6.92 Å². The standard InChI is InChI=1S/C11H10O2.Na/c1-7-6-10(12)8-4-2-3-5-9(8)11(7)13;/h2-6,12-13H,1H3;/q;+1. The summed E-state index contributed by atoms with van der Waals surface area (Å²) in [6.07, 6.45) is 0. The van der Waals surface area contributed by atoms with Crippen LogP contribution in [-0.4, -0.2) is 10.2 Å². The smallest absolute Gasteiger partial charge is 0.507 e. The molecule has 0 bridgehead atoms. The SMILES string of the molecule is Cc1cc(O)c2ccccc2c1O.[Na+]. The average Bonchev–Trinajstić information content (AvgIpc) is 2.15. The van der Waals surface area contributed by atoms with Crippen LogP contribution >= 0.6 is 0 Å². The summed E-state index contributed by atoms with van der Waals surface area (Å²) in [5, 5.41) is 20.6. The Balaban J connectivity index is 0.000000980. The summed E-state index contributed by atoms with van der Waals surface area (Å²) in [6.45, 7) is 1.77. The van der Waals surface area contributed by atoms with Crippen LogP contribution in [0.4, 0.5) is 0 Å². The van der Waals surface area contributed by atoms with Gasteiger partial charge in [-0.15, -0.1) is 0 Å². The number of hydrogen-bond donors (Lipinski definition) is 2. The molecule has 0 aliphatic carbocycles. The molecular formula is C11H10NaO2+. The first kappa shape index (κ1) is 11.4. The molecule has 3 heteroatoms. The molecule has 0 unspecified atom stereocenters. The molecule has 14 heavy (non-hydrogen) atoms. The fourth-order valence-electron chi connectivity index (χ4n) is 1.48. The third kappa shape index (κ3) is 1.73. The van der Waals surface area contributed by atoms with Gasteiger partial charge < -0.3 is 10.2 Å². The quantitative estimate of drug-likeness (QED) is 0.444. The Hall–Kier alpha value is -0.700. The van der Waals surface area contributed by atoms with Crippen LogP contribution in [0.2, 0.25) is 0 Å².